The van der Waals surface area contributed by atoms with Crippen LogP contribution in [0, 0.1) is 5.92 Å². The molecule has 0 amide bonds. The van der Waals surface area contributed by atoms with Crippen LogP contribution in [0.5, 0.6) is 0 Å². The molecule has 1 atom stereocenters. The predicted octanol–water partition coefficient (Wildman–Crippen LogP) is 1.39. The molecule has 0 heterocycles. The number of anilines is 1. The molecular weight excluding hydrogens is 220 g/mol. The van der Waals surface area contributed by atoms with Gasteiger partial charge in [-0.1, -0.05) is 31.3 Å². The molecule has 0 aliphatic heterocycles. The third-order valence-electron chi connectivity index (χ3n) is 2.48. The molecule has 0 spiro atoms. The van der Waals surface area contributed by atoms with Gasteiger partial charge in [-0.15, -0.1) is 0 Å². The molecule has 0 aliphatic carbocycles. The molecule has 0 aliphatic rings. The van der Waals surface area contributed by atoms with Crippen LogP contribution in [0.3, 0.4) is 0 Å². The van der Waals surface area contributed by atoms with Crippen LogP contribution in [0.25, 0.3) is 0 Å². The van der Waals surface area contributed by atoms with Gasteiger partial charge in [0.05, 0.1) is 0 Å². The Morgan fingerprint density at radius 1 is 1.50 bits per heavy atom. The summed E-state index contributed by atoms with van der Waals surface area (Å²) < 4.78 is 0. The van der Waals surface area contributed by atoms with Crippen molar-refractivity contribution in [3.05, 3.63) is 29.8 Å². The van der Waals surface area contributed by atoms with Crippen LogP contribution in [0.15, 0.2) is 24.3 Å². The molecule has 0 fully saturated rings. The minimum Gasteiger partial charge on any atom is -0.396 e. The van der Waals surface area contributed by atoms with E-state index in [1.807, 2.05) is 38.2 Å². The summed E-state index contributed by atoms with van der Waals surface area (Å²) in [5.74, 6) is 0.226. The zero-order chi connectivity index (χ0) is 12.1. The van der Waals surface area contributed by atoms with Gasteiger partial charge in [0, 0.05) is 31.5 Å². The number of hydrogen-bond donors (Lipinski definition) is 2. The second kappa shape index (κ2) is 5.82. The highest BCUT2D eigenvalue weighted by Gasteiger charge is 2.11. The molecule has 0 aromatic heterocycles. The number of aliphatic hydroxyl groups is 1. The normalized spacial score (nSPS) is 12.2. The first kappa shape index (κ1) is 12.9. The van der Waals surface area contributed by atoms with Gasteiger partial charge in [0.1, 0.15) is 4.99 Å². The third kappa shape index (κ3) is 3.18. The Balaban J connectivity index is 2.90. The first-order chi connectivity index (χ1) is 7.56. The van der Waals surface area contributed by atoms with Crippen LogP contribution in [-0.4, -0.2) is 30.3 Å². The maximum atomic E-state index is 9.03. The van der Waals surface area contributed by atoms with Crippen molar-refractivity contribution in [2.24, 2.45) is 11.7 Å². The van der Waals surface area contributed by atoms with E-state index in [9.17, 15) is 0 Å². The van der Waals surface area contributed by atoms with Gasteiger partial charge in [0.25, 0.3) is 0 Å². The number of aliphatic hydroxyl groups excluding tert-OH is 1. The van der Waals surface area contributed by atoms with Crippen LogP contribution in [0.1, 0.15) is 12.5 Å². The second-order valence-corrected chi connectivity index (χ2v) is 4.49. The minimum absolute atomic E-state index is 0.180. The summed E-state index contributed by atoms with van der Waals surface area (Å²) in [6.07, 6.45) is 0. The Bertz CT molecular complexity index is 368. The van der Waals surface area contributed by atoms with Crippen molar-refractivity contribution >= 4 is 22.9 Å². The van der Waals surface area contributed by atoms with E-state index in [0.29, 0.717) is 4.99 Å². The van der Waals surface area contributed by atoms with Gasteiger partial charge in [0.2, 0.25) is 0 Å². The van der Waals surface area contributed by atoms with Crippen molar-refractivity contribution in [1.82, 2.24) is 0 Å². The van der Waals surface area contributed by atoms with Gasteiger partial charge >= 0.3 is 0 Å². The van der Waals surface area contributed by atoms with Crippen molar-refractivity contribution in [2.75, 3.05) is 25.1 Å². The Morgan fingerprint density at radius 3 is 2.69 bits per heavy atom. The molecule has 1 rings (SSSR count). The van der Waals surface area contributed by atoms with E-state index in [1.54, 1.807) is 0 Å². The quantitative estimate of drug-likeness (QED) is 0.761. The van der Waals surface area contributed by atoms with E-state index < -0.39 is 0 Å². The highest BCUT2D eigenvalue weighted by molar-refractivity contribution is 7.80. The average Bonchev–Trinajstić information content (AvgIpc) is 2.28. The maximum absolute atomic E-state index is 9.03. The molecule has 0 bridgehead atoms. The zero-order valence-corrected chi connectivity index (χ0v) is 10.5. The second-order valence-electron chi connectivity index (χ2n) is 4.05. The van der Waals surface area contributed by atoms with Crippen LogP contribution < -0.4 is 10.6 Å². The number of para-hydroxylation sites is 1. The average molecular weight is 238 g/mol. The third-order valence-corrected chi connectivity index (χ3v) is 2.70. The highest BCUT2D eigenvalue weighted by atomic mass is 32.1. The number of benzene rings is 1. The molecule has 1 aromatic carbocycles. The van der Waals surface area contributed by atoms with Crippen LogP contribution >= 0.6 is 12.2 Å². The molecular formula is C12H18N2OS. The van der Waals surface area contributed by atoms with Crippen LogP contribution in [-0.2, 0) is 0 Å². The van der Waals surface area contributed by atoms with E-state index in [1.165, 1.54) is 0 Å². The van der Waals surface area contributed by atoms with E-state index in [-0.39, 0.29) is 12.5 Å². The lowest BCUT2D eigenvalue weighted by molar-refractivity contribution is 0.240. The Kier molecular flexibility index (Phi) is 4.71. The lowest BCUT2D eigenvalue weighted by atomic mass is 10.1. The summed E-state index contributed by atoms with van der Waals surface area (Å²) >= 11 is 5.01. The molecule has 3 nitrogen and oxygen atoms in total. The lowest BCUT2D eigenvalue weighted by Gasteiger charge is -2.24. The topological polar surface area (TPSA) is 49.5 Å². The van der Waals surface area contributed by atoms with E-state index in [4.69, 9.17) is 23.1 Å². The predicted molar refractivity (Wildman–Crippen MR) is 71.8 cm³/mol. The fraction of sp³-hybridized carbons (Fsp3) is 0.417. The molecule has 88 valence electrons. The number of thiocarbonyl (C=S) groups is 1. The van der Waals surface area contributed by atoms with Gasteiger partial charge in [-0.2, -0.15) is 0 Å². The number of nitrogens with zero attached hydrogens (tertiary/aromatic N) is 1. The molecule has 1 aromatic rings. The zero-order valence-electron chi connectivity index (χ0n) is 9.68. The summed E-state index contributed by atoms with van der Waals surface area (Å²) in [6.45, 7) is 2.95. The number of hydrogen-bond acceptors (Lipinski definition) is 3. The molecule has 16 heavy (non-hydrogen) atoms. The fourth-order valence-corrected chi connectivity index (χ4v) is 1.81. The van der Waals surface area contributed by atoms with Crippen LogP contribution in [0.4, 0.5) is 5.69 Å². The Hall–Kier alpha value is -1.13. The summed E-state index contributed by atoms with van der Waals surface area (Å²) in [5, 5.41) is 9.03. The first-order valence-corrected chi connectivity index (χ1v) is 5.68. The van der Waals surface area contributed by atoms with Crippen molar-refractivity contribution < 1.29 is 5.11 Å². The molecule has 0 saturated heterocycles. The summed E-state index contributed by atoms with van der Waals surface area (Å²) in [7, 11) is 1.98. The van der Waals surface area contributed by atoms with Gasteiger partial charge in [-0.25, -0.2) is 0 Å². The lowest BCUT2D eigenvalue weighted by Crippen LogP contribution is -2.28. The minimum atomic E-state index is 0.180. The summed E-state index contributed by atoms with van der Waals surface area (Å²) in [4.78, 5) is 2.47. The van der Waals surface area contributed by atoms with E-state index >= 15 is 0 Å². The SMILES string of the molecule is CC(CO)CN(C)c1ccccc1C(N)=S. The van der Waals surface area contributed by atoms with Gasteiger partial charge in [-0.05, 0) is 18.1 Å². The fourth-order valence-electron chi connectivity index (χ4n) is 1.64. The molecule has 0 radical (unpaired) electrons. The van der Waals surface area contributed by atoms with Gasteiger partial charge in [-0.3, -0.25) is 0 Å². The van der Waals surface area contributed by atoms with Crippen molar-refractivity contribution in [1.29, 1.82) is 0 Å². The summed E-state index contributed by atoms with van der Waals surface area (Å²) in [6, 6.07) is 7.77. The Morgan fingerprint density at radius 2 is 2.12 bits per heavy atom. The van der Waals surface area contributed by atoms with Gasteiger partial charge < -0.3 is 15.7 Å². The Labute approximate surface area is 102 Å². The standard InChI is InChI=1S/C12H18N2OS/c1-9(8-15)7-14(2)11-6-4-3-5-10(11)12(13)16/h3-6,9,15H,7-8H2,1-2H3,(H2,13,16). The van der Waals surface area contributed by atoms with E-state index in [2.05, 4.69) is 4.90 Å². The number of rotatable bonds is 5. The smallest absolute Gasteiger partial charge is 0.106 e. The van der Waals surface area contributed by atoms with Crippen molar-refractivity contribution in [2.45, 2.75) is 6.92 Å². The van der Waals surface area contributed by atoms with Gasteiger partial charge in [0.15, 0.2) is 0 Å². The number of nitrogens with two attached hydrogens (primary N) is 1. The first-order valence-electron chi connectivity index (χ1n) is 5.27. The largest absolute Gasteiger partial charge is 0.396 e. The van der Waals surface area contributed by atoms with E-state index in [0.717, 1.165) is 17.8 Å². The summed E-state index contributed by atoms with van der Waals surface area (Å²) in [5.41, 5.74) is 7.56. The maximum Gasteiger partial charge on any atom is 0.106 e. The molecule has 1 unspecified atom stereocenters. The van der Waals surface area contributed by atoms with Crippen LogP contribution in [0.2, 0.25) is 0 Å². The molecule has 4 heteroatoms. The monoisotopic (exact) mass is 238 g/mol. The molecule has 3 N–H and O–H groups in total. The van der Waals surface area contributed by atoms with Crippen molar-refractivity contribution in [3.8, 4) is 0 Å². The molecule has 0 saturated carbocycles. The van der Waals surface area contributed by atoms with Crippen molar-refractivity contribution in [3.63, 3.8) is 0 Å². The highest BCUT2D eigenvalue weighted by Crippen LogP contribution is 2.19.